The van der Waals surface area contributed by atoms with E-state index in [4.69, 9.17) is 28.9 Å². The van der Waals surface area contributed by atoms with Gasteiger partial charge >= 0.3 is 0 Å². The second-order valence-electron chi connectivity index (χ2n) is 7.52. The van der Waals surface area contributed by atoms with Crippen LogP contribution < -0.4 is 11.1 Å². The number of nitrogens with two attached hydrogens (primary N) is 1. The third-order valence-corrected chi connectivity index (χ3v) is 6.21. The molecule has 0 aromatic heterocycles. The first-order valence-corrected chi connectivity index (χ1v) is 10.7. The van der Waals surface area contributed by atoms with Crippen LogP contribution in [-0.2, 0) is 11.2 Å². The number of nitrogens with one attached hydrogen (secondary N) is 1. The van der Waals surface area contributed by atoms with Crippen molar-refractivity contribution >= 4 is 40.5 Å². The number of anilines is 2. The Balaban J connectivity index is 1.43. The molecule has 29 heavy (non-hydrogen) atoms. The van der Waals surface area contributed by atoms with Gasteiger partial charge in [0, 0.05) is 32.7 Å². The minimum atomic E-state index is 0.0387. The van der Waals surface area contributed by atoms with Crippen molar-refractivity contribution in [2.24, 2.45) is 0 Å². The molecule has 2 aromatic rings. The van der Waals surface area contributed by atoms with E-state index in [1.54, 1.807) is 12.1 Å². The number of nitrogen functional groups attached to an aromatic ring is 1. The summed E-state index contributed by atoms with van der Waals surface area (Å²) in [4.78, 5) is 17.0. The van der Waals surface area contributed by atoms with E-state index in [0.717, 1.165) is 38.9 Å². The van der Waals surface area contributed by atoms with Gasteiger partial charge in [0.2, 0.25) is 5.91 Å². The molecule has 0 atom stereocenters. The predicted molar refractivity (Wildman–Crippen MR) is 122 cm³/mol. The molecule has 3 rings (SSSR count). The normalized spacial score (nSPS) is 15.3. The topological polar surface area (TPSA) is 61.6 Å². The summed E-state index contributed by atoms with van der Waals surface area (Å²) < 4.78 is 0. The van der Waals surface area contributed by atoms with Crippen molar-refractivity contribution in [1.82, 2.24) is 9.80 Å². The third-order valence-electron chi connectivity index (χ3n) is 5.57. The second kappa shape index (κ2) is 10.2. The summed E-state index contributed by atoms with van der Waals surface area (Å²) in [6.07, 6.45) is 3.05. The fourth-order valence-corrected chi connectivity index (χ4v) is 4.06. The molecule has 0 unspecified atom stereocenters. The summed E-state index contributed by atoms with van der Waals surface area (Å²) in [7, 11) is 1.88. The largest absolute Gasteiger partial charge is 0.397 e. The molecule has 0 bridgehead atoms. The molecule has 1 fully saturated rings. The molecule has 5 nitrogen and oxygen atoms in total. The molecular formula is C22H28Cl2N4O. The molecule has 7 heteroatoms. The van der Waals surface area contributed by atoms with Crippen LogP contribution in [0.4, 0.5) is 11.4 Å². The van der Waals surface area contributed by atoms with Gasteiger partial charge < -0.3 is 20.9 Å². The smallest absolute Gasteiger partial charge is 0.241 e. The van der Waals surface area contributed by atoms with Crippen molar-refractivity contribution < 1.29 is 4.79 Å². The van der Waals surface area contributed by atoms with Crippen molar-refractivity contribution in [3.05, 3.63) is 58.1 Å². The highest BCUT2D eigenvalue weighted by atomic mass is 35.5. The number of carbonyl (C=O) groups excluding carboxylic acids is 1. The molecule has 1 aliphatic heterocycles. The summed E-state index contributed by atoms with van der Waals surface area (Å²) in [5.41, 5.74) is 8.14. The third kappa shape index (κ3) is 6.01. The average molecular weight is 435 g/mol. The van der Waals surface area contributed by atoms with Gasteiger partial charge in [-0.3, -0.25) is 4.79 Å². The van der Waals surface area contributed by atoms with E-state index in [2.05, 4.69) is 34.5 Å². The number of halogens is 2. The van der Waals surface area contributed by atoms with Crippen molar-refractivity contribution in [1.29, 1.82) is 0 Å². The first-order valence-electron chi connectivity index (χ1n) is 9.94. The Bertz CT molecular complexity index is 823. The minimum absolute atomic E-state index is 0.0387. The Morgan fingerprint density at radius 3 is 2.55 bits per heavy atom. The first kappa shape index (κ1) is 21.8. The molecule has 1 heterocycles. The summed E-state index contributed by atoms with van der Waals surface area (Å²) in [6.45, 7) is 3.26. The number of rotatable bonds is 7. The quantitative estimate of drug-likeness (QED) is 0.642. The van der Waals surface area contributed by atoms with Crippen LogP contribution in [0.3, 0.4) is 0 Å². The summed E-state index contributed by atoms with van der Waals surface area (Å²) in [6, 6.07) is 14.1. The first-order chi connectivity index (χ1) is 13.9. The van der Waals surface area contributed by atoms with Gasteiger partial charge in [-0.1, -0.05) is 53.5 Å². The van der Waals surface area contributed by atoms with Gasteiger partial charge in [0.05, 0.1) is 28.0 Å². The predicted octanol–water partition coefficient (Wildman–Crippen LogP) is 4.15. The average Bonchev–Trinajstić information content (AvgIpc) is 2.74. The molecule has 0 aliphatic carbocycles. The van der Waals surface area contributed by atoms with E-state index in [0.29, 0.717) is 21.4 Å². The van der Waals surface area contributed by atoms with E-state index < -0.39 is 0 Å². The van der Waals surface area contributed by atoms with Gasteiger partial charge in [0.1, 0.15) is 0 Å². The van der Waals surface area contributed by atoms with E-state index in [9.17, 15) is 4.79 Å². The number of likely N-dealkylation sites (tertiary alicyclic amines) is 1. The van der Waals surface area contributed by atoms with Gasteiger partial charge in [-0.2, -0.15) is 0 Å². The summed E-state index contributed by atoms with van der Waals surface area (Å²) >= 11 is 12.2. The number of hydrogen-bond donors (Lipinski definition) is 2. The number of benzene rings is 2. The van der Waals surface area contributed by atoms with Crippen molar-refractivity contribution in [3.63, 3.8) is 0 Å². The lowest BCUT2D eigenvalue weighted by molar-refractivity contribution is -0.130. The van der Waals surface area contributed by atoms with Crippen LogP contribution in [0.1, 0.15) is 18.4 Å². The van der Waals surface area contributed by atoms with Crippen molar-refractivity contribution in [2.75, 3.05) is 44.3 Å². The standard InChI is InChI=1S/C22H28Cl2N4O/c1-27(22(29)15-26-21-14-18(23)20(25)13-19(21)24)17-8-11-28(12-9-17)10-7-16-5-3-2-4-6-16/h2-6,13-14,17,26H,7-12,15,25H2,1H3. The van der Waals surface area contributed by atoms with Crippen LogP contribution in [0.15, 0.2) is 42.5 Å². The number of likely N-dealkylation sites (N-methyl/N-ethyl adjacent to an activating group) is 1. The van der Waals surface area contributed by atoms with Crippen LogP contribution in [0.25, 0.3) is 0 Å². The van der Waals surface area contributed by atoms with Crippen LogP contribution in [-0.4, -0.2) is 55.0 Å². The SMILES string of the molecule is CN(C(=O)CNc1cc(Cl)c(N)cc1Cl)C1CCN(CCc2ccccc2)CC1. The lowest BCUT2D eigenvalue weighted by atomic mass is 10.0. The number of piperidine rings is 1. The molecule has 3 N–H and O–H groups in total. The molecule has 2 aromatic carbocycles. The zero-order chi connectivity index (χ0) is 20.8. The Morgan fingerprint density at radius 2 is 1.86 bits per heavy atom. The van der Waals surface area contributed by atoms with E-state index >= 15 is 0 Å². The Labute approximate surface area is 182 Å². The van der Waals surface area contributed by atoms with E-state index in [1.807, 2.05) is 18.0 Å². The molecule has 0 radical (unpaired) electrons. The molecular weight excluding hydrogens is 407 g/mol. The highest BCUT2D eigenvalue weighted by Crippen LogP contribution is 2.30. The maximum Gasteiger partial charge on any atom is 0.241 e. The Kier molecular flexibility index (Phi) is 7.64. The molecule has 1 saturated heterocycles. The van der Waals surface area contributed by atoms with Crippen LogP contribution in [0.2, 0.25) is 10.0 Å². The Hall–Kier alpha value is -1.95. The van der Waals surface area contributed by atoms with E-state index in [-0.39, 0.29) is 18.5 Å². The summed E-state index contributed by atoms with van der Waals surface area (Å²) in [5, 5.41) is 3.94. The van der Waals surface area contributed by atoms with Crippen molar-refractivity contribution in [2.45, 2.75) is 25.3 Å². The van der Waals surface area contributed by atoms with Crippen LogP contribution >= 0.6 is 23.2 Å². The zero-order valence-electron chi connectivity index (χ0n) is 16.7. The van der Waals surface area contributed by atoms with Gasteiger partial charge in [0.25, 0.3) is 0 Å². The number of nitrogens with zero attached hydrogens (tertiary/aromatic N) is 2. The summed E-state index contributed by atoms with van der Waals surface area (Å²) in [5.74, 6) is 0.0387. The molecule has 0 spiro atoms. The molecule has 1 aliphatic rings. The van der Waals surface area contributed by atoms with E-state index in [1.165, 1.54) is 5.56 Å². The lowest BCUT2D eigenvalue weighted by Gasteiger charge is -2.37. The fourth-order valence-electron chi connectivity index (χ4n) is 3.66. The fraction of sp³-hybridized carbons (Fsp3) is 0.409. The molecule has 0 saturated carbocycles. The zero-order valence-corrected chi connectivity index (χ0v) is 18.2. The number of amides is 1. The highest BCUT2D eigenvalue weighted by Gasteiger charge is 2.25. The minimum Gasteiger partial charge on any atom is -0.397 e. The number of carbonyl (C=O) groups is 1. The van der Waals surface area contributed by atoms with Gasteiger partial charge in [0.15, 0.2) is 0 Å². The van der Waals surface area contributed by atoms with Gasteiger partial charge in [-0.15, -0.1) is 0 Å². The maximum absolute atomic E-state index is 12.6. The van der Waals surface area contributed by atoms with Crippen molar-refractivity contribution in [3.8, 4) is 0 Å². The van der Waals surface area contributed by atoms with Gasteiger partial charge in [-0.25, -0.2) is 0 Å². The number of hydrogen-bond acceptors (Lipinski definition) is 4. The van der Waals surface area contributed by atoms with Gasteiger partial charge in [-0.05, 0) is 37.0 Å². The lowest BCUT2D eigenvalue weighted by Crippen LogP contribution is -2.47. The van der Waals surface area contributed by atoms with Crippen LogP contribution in [0.5, 0.6) is 0 Å². The highest BCUT2D eigenvalue weighted by molar-refractivity contribution is 6.37. The maximum atomic E-state index is 12.6. The monoisotopic (exact) mass is 434 g/mol. The van der Waals surface area contributed by atoms with Crippen LogP contribution in [0, 0.1) is 0 Å². The Morgan fingerprint density at radius 1 is 1.17 bits per heavy atom. The second-order valence-corrected chi connectivity index (χ2v) is 8.33. The molecule has 1 amide bonds. The molecule has 156 valence electrons.